The van der Waals surface area contributed by atoms with Crippen molar-refractivity contribution in [1.29, 1.82) is 0 Å². The maximum Gasteiger partial charge on any atom is 0.246 e. The Labute approximate surface area is 110 Å². The molecule has 104 valence electrons. The molecule has 0 unspecified atom stereocenters. The first kappa shape index (κ1) is 13.5. The number of nitrogens with one attached hydrogen (secondary N) is 1. The zero-order chi connectivity index (χ0) is 14.2. The number of sulfonamides is 1. The van der Waals surface area contributed by atoms with Crippen molar-refractivity contribution in [2.24, 2.45) is 14.1 Å². The average Bonchev–Trinajstić information content (AvgIpc) is 2.82. The van der Waals surface area contributed by atoms with Gasteiger partial charge in [0.2, 0.25) is 10.0 Å². The molecular weight excluding hydrogens is 270 g/mol. The minimum Gasteiger partial charge on any atom is -0.381 e. The SMILES string of the molecule is Cc1c(S(=O)(=O)NCc2nncn2C)c(N)nn1C. The first-order valence-corrected chi connectivity index (χ1v) is 6.93. The fourth-order valence-corrected chi connectivity index (χ4v) is 2.95. The van der Waals surface area contributed by atoms with Crippen LogP contribution in [0.3, 0.4) is 0 Å². The summed E-state index contributed by atoms with van der Waals surface area (Å²) in [5, 5.41) is 11.3. The predicted octanol–water partition coefficient (Wildman–Crippen LogP) is -1.08. The van der Waals surface area contributed by atoms with Crippen molar-refractivity contribution in [3.63, 3.8) is 0 Å². The van der Waals surface area contributed by atoms with Gasteiger partial charge in [0.15, 0.2) is 5.82 Å². The van der Waals surface area contributed by atoms with Crippen LogP contribution in [0.15, 0.2) is 11.2 Å². The fourth-order valence-electron chi connectivity index (χ4n) is 1.65. The topological polar surface area (TPSA) is 121 Å². The summed E-state index contributed by atoms with van der Waals surface area (Å²) in [6.07, 6.45) is 1.49. The third kappa shape index (κ3) is 2.44. The van der Waals surface area contributed by atoms with Crippen LogP contribution in [-0.4, -0.2) is 33.0 Å². The molecule has 2 heterocycles. The largest absolute Gasteiger partial charge is 0.381 e. The Bertz CT molecular complexity index is 700. The molecule has 0 saturated carbocycles. The van der Waals surface area contributed by atoms with E-state index < -0.39 is 10.0 Å². The highest BCUT2D eigenvalue weighted by atomic mass is 32.2. The zero-order valence-corrected chi connectivity index (χ0v) is 11.6. The van der Waals surface area contributed by atoms with E-state index in [1.54, 1.807) is 25.6 Å². The van der Waals surface area contributed by atoms with Crippen molar-refractivity contribution in [3.05, 3.63) is 17.8 Å². The smallest absolute Gasteiger partial charge is 0.246 e. The molecule has 2 rings (SSSR count). The number of aromatic nitrogens is 5. The van der Waals surface area contributed by atoms with Crippen molar-refractivity contribution in [1.82, 2.24) is 29.3 Å². The molecule has 0 radical (unpaired) electrons. The lowest BCUT2D eigenvalue weighted by Crippen LogP contribution is -2.25. The molecule has 2 aromatic heterocycles. The van der Waals surface area contributed by atoms with Gasteiger partial charge in [-0.25, -0.2) is 13.1 Å². The van der Waals surface area contributed by atoms with Crippen molar-refractivity contribution in [2.45, 2.75) is 18.4 Å². The molecule has 0 aliphatic rings. The van der Waals surface area contributed by atoms with Gasteiger partial charge in [0.05, 0.1) is 12.2 Å². The zero-order valence-electron chi connectivity index (χ0n) is 10.8. The first-order chi connectivity index (χ1) is 8.83. The van der Waals surface area contributed by atoms with Gasteiger partial charge in [-0.3, -0.25) is 4.68 Å². The van der Waals surface area contributed by atoms with E-state index in [9.17, 15) is 8.42 Å². The van der Waals surface area contributed by atoms with Gasteiger partial charge in [0.25, 0.3) is 0 Å². The lowest BCUT2D eigenvalue weighted by molar-refractivity contribution is 0.576. The number of anilines is 1. The van der Waals surface area contributed by atoms with Crippen LogP contribution in [0.4, 0.5) is 5.82 Å². The summed E-state index contributed by atoms with van der Waals surface area (Å²) in [5.74, 6) is 0.481. The molecule has 0 aliphatic heterocycles. The molecule has 0 aliphatic carbocycles. The number of nitrogens with two attached hydrogens (primary N) is 1. The Morgan fingerprint density at radius 3 is 2.58 bits per heavy atom. The summed E-state index contributed by atoms with van der Waals surface area (Å²) < 4.78 is 29.9. The second-order valence-electron chi connectivity index (χ2n) is 4.11. The lowest BCUT2D eigenvalue weighted by atomic mass is 10.5. The van der Waals surface area contributed by atoms with Crippen LogP contribution >= 0.6 is 0 Å². The van der Waals surface area contributed by atoms with Gasteiger partial charge >= 0.3 is 0 Å². The maximum absolute atomic E-state index is 12.2. The molecule has 0 spiro atoms. The summed E-state index contributed by atoms with van der Waals surface area (Å²) in [6.45, 7) is 1.67. The molecule has 10 heteroatoms. The van der Waals surface area contributed by atoms with Crippen LogP contribution in [0.2, 0.25) is 0 Å². The molecule has 0 saturated heterocycles. The molecule has 19 heavy (non-hydrogen) atoms. The van der Waals surface area contributed by atoms with Crippen molar-refractivity contribution in [3.8, 4) is 0 Å². The van der Waals surface area contributed by atoms with E-state index in [1.807, 2.05) is 0 Å². The van der Waals surface area contributed by atoms with E-state index in [1.165, 1.54) is 11.0 Å². The third-order valence-corrected chi connectivity index (χ3v) is 4.36. The molecule has 0 fully saturated rings. The Balaban J connectivity index is 2.26. The third-order valence-electron chi connectivity index (χ3n) is 2.80. The number of hydrogen-bond acceptors (Lipinski definition) is 6. The Kier molecular flexibility index (Phi) is 3.28. The van der Waals surface area contributed by atoms with Gasteiger partial charge in [0.1, 0.15) is 17.0 Å². The van der Waals surface area contributed by atoms with Crippen LogP contribution in [0.5, 0.6) is 0 Å². The fraction of sp³-hybridized carbons (Fsp3) is 0.444. The van der Waals surface area contributed by atoms with E-state index in [2.05, 4.69) is 20.0 Å². The van der Waals surface area contributed by atoms with E-state index >= 15 is 0 Å². The van der Waals surface area contributed by atoms with E-state index in [-0.39, 0.29) is 17.3 Å². The van der Waals surface area contributed by atoms with E-state index in [0.29, 0.717) is 11.5 Å². The summed E-state index contributed by atoms with van der Waals surface area (Å²) >= 11 is 0. The van der Waals surface area contributed by atoms with E-state index in [4.69, 9.17) is 5.73 Å². The van der Waals surface area contributed by atoms with Gasteiger partial charge in [-0.1, -0.05) is 0 Å². The predicted molar refractivity (Wildman–Crippen MR) is 67.4 cm³/mol. The number of aryl methyl sites for hydroxylation is 2. The van der Waals surface area contributed by atoms with Crippen molar-refractivity contribution < 1.29 is 8.42 Å². The average molecular weight is 285 g/mol. The number of rotatable bonds is 4. The summed E-state index contributed by atoms with van der Waals surface area (Å²) in [5.41, 5.74) is 6.10. The molecule has 0 aromatic carbocycles. The molecule has 0 atom stereocenters. The van der Waals surface area contributed by atoms with Gasteiger partial charge < -0.3 is 10.3 Å². The normalized spacial score (nSPS) is 11.9. The molecule has 3 N–H and O–H groups in total. The van der Waals surface area contributed by atoms with Gasteiger partial charge in [-0.15, -0.1) is 10.2 Å². The van der Waals surface area contributed by atoms with Crippen molar-refractivity contribution >= 4 is 15.8 Å². The summed E-state index contributed by atoms with van der Waals surface area (Å²) in [7, 11) is -0.371. The molecular formula is C9H15N7O2S. The Morgan fingerprint density at radius 2 is 2.11 bits per heavy atom. The molecule has 9 nitrogen and oxygen atoms in total. The molecule has 2 aromatic rings. The van der Waals surface area contributed by atoms with Gasteiger partial charge in [-0.05, 0) is 6.92 Å². The standard InChI is InChI=1S/C9H15N7O2S/c1-6-8(9(10)14-16(6)3)19(17,18)12-4-7-13-11-5-15(7)2/h5,12H,4H2,1-3H3,(H2,10,14). The Hall–Kier alpha value is -1.94. The number of hydrogen-bond donors (Lipinski definition) is 2. The van der Waals surface area contributed by atoms with Crippen LogP contribution in [-0.2, 0) is 30.7 Å². The number of nitrogen functional groups attached to an aromatic ring is 1. The highest BCUT2D eigenvalue weighted by molar-refractivity contribution is 7.89. The summed E-state index contributed by atoms with van der Waals surface area (Å²) in [6, 6.07) is 0. The minimum atomic E-state index is -3.73. The monoisotopic (exact) mass is 285 g/mol. The van der Waals surface area contributed by atoms with Crippen LogP contribution in [0, 0.1) is 6.92 Å². The van der Waals surface area contributed by atoms with Gasteiger partial charge in [-0.2, -0.15) is 5.10 Å². The highest BCUT2D eigenvalue weighted by Crippen LogP contribution is 2.20. The Morgan fingerprint density at radius 1 is 1.42 bits per heavy atom. The molecule has 0 amide bonds. The van der Waals surface area contributed by atoms with Crippen LogP contribution < -0.4 is 10.5 Å². The maximum atomic E-state index is 12.2. The second kappa shape index (κ2) is 4.63. The van der Waals surface area contributed by atoms with Crippen LogP contribution in [0.1, 0.15) is 11.5 Å². The summed E-state index contributed by atoms with van der Waals surface area (Å²) in [4.78, 5) is -0.00262. The number of nitrogens with zero attached hydrogens (tertiary/aromatic N) is 5. The van der Waals surface area contributed by atoms with Gasteiger partial charge in [0, 0.05) is 14.1 Å². The minimum absolute atomic E-state index is 0.00262. The van der Waals surface area contributed by atoms with Crippen molar-refractivity contribution in [2.75, 3.05) is 5.73 Å². The quantitative estimate of drug-likeness (QED) is 0.737. The lowest BCUT2D eigenvalue weighted by Gasteiger charge is -2.06. The second-order valence-corrected chi connectivity index (χ2v) is 5.81. The first-order valence-electron chi connectivity index (χ1n) is 5.44. The molecule has 0 bridgehead atoms. The highest BCUT2D eigenvalue weighted by Gasteiger charge is 2.24. The van der Waals surface area contributed by atoms with Crippen LogP contribution in [0.25, 0.3) is 0 Å². The van der Waals surface area contributed by atoms with E-state index in [0.717, 1.165) is 0 Å².